The molecule has 0 radical (unpaired) electrons. The Hall–Kier alpha value is -2.95. The van der Waals surface area contributed by atoms with Crippen molar-refractivity contribution in [2.45, 2.75) is 43.8 Å². The van der Waals surface area contributed by atoms with Crippen molar-refractivity contribution >= 4 is 23.7 Å². The molecular formula is C15H22N6O5. The summed E-state index contributed by atoms with van der Waals surface area (Å²) in [5.41, 5.74) is 11.6. The molecule has 3 atom stereocenters. The first-order valence-electron chi connectivity index (χ1n) is 8.14. The van der Waals surface area contributed by atoms with E-state index in [4.69, 9.17) is 16.6 Å². The fourth-order valence-corrected chi connectivity index (χ4v) is 2.91. The van der Waals surface area contributed by atoms with Crippen LogP contribution >= 0.6 is 0 Å². The van der Waals surface area contributed by atoms with Gasteiger partial charge in [0.05, 0.1) is 18.8 Å². The van der Waals surface area contributed by atoms with Gasteiger partial charge < -0.3 is 31.8 Å². The first-order chi connectivity index (χ1) is 12.3. The Morgan fingerprint density at radius 1 is 1.42 bits per heavy atom. The van der Waals surface area contributed by atoms with Gasteiger partial charge in [-0.2, -0.15) is 0 Å². The van der Waals surface area contributed by atoms with E-state index in [-0.39, 0.29) is 6.42 Å². The molecule has 1 aliphatic heterocycles. The number of imidazole rings is 1. The van der Waals surface area contributed by atoms with Crippen LogP contribution in [0.15, 0.2) is 12.5 Å². The summed E-state index contributed by atoms with van der Waals surface area (Å²) in [4.78, 5) is 55.2. The van der Waals surface area contributed by atoms with Crippen LogP contribution in [-0.4, -0.2) is 68.3 Å². The van der Waals surface area contributed by atoms with Gasteiger partial charge in [0.2, 0.25) is 17.7 Å². The molecule has 1 fully saturated rings. The quantitative estimate of drug-likeness (QED) is 0.343. The van der Waals surface area contributed by atoms with Gasteiger partial charge in [-0.15, -0.1) is 0 Å². The number of carboxylic acids is 1. The van der Waals surface area contributed by atoms with Crippen molar-refractivity contribution in [2.75, 3.05) is 6.54 Å². The molecule has 7 N–H and O–H groups in total. The van der Waals surface area contributed by atoms with Crippen molar-refractivity contribution in [3.05, 3.63) is 18.2 Å². The van der Waals surface area contributed by atoms with E-state index >= 15 is 0 Å². The minimum absolute atomic E-state index is 0.239. The lowest BCUT2D eigenvalue weighted by atomic mass is 10.1. The van der Waals surface area contributed by atoms with Gasteiger partial charge in [-0.05, 0) is 12.8 Å². The van der Waals surface area contributed by atoms with E-state index in [0.29, 0.717) is 25.1 Å². The molecule has 0 spiro atoms. The average molecular weight is 366 g/mol. The van der Waals surface area contributed by atoms with Crippen LogP contribution in [0.1, 0.15) is 25.0 Å². The third kappa shape index (κ3) is 4.79. The Morgan fingerprint density at radius 2 is 2.15 bits per heavy atom. The highest BCUT2D eigenvalue weighted by Crippen LogP contribution is 2.19. The number of rotatable bonds is 8. The Morgan fingerprint density at radius 3 is 2.73 bits per heavy atom. The highest BCUT2D eigenvalue weighted by atomic mass is 16.4. The van der Waals surface area contributed by atoms with Crippen LogP contribution in [0.3, 0.4) is 0 Å². The van der Waals surface area contributed by atoms with E-state index in [1.807, 2.05) is 0 Å². The fourth-order valence-electron chi connectivity index (χ4n) is 2.91. The van der Waals surface area contributed by atoms with Gasteiger partial charge >= 0.3 is 5.97 Å². The van der Waals surface area contributed by atoms with Crippen molar-refractivity contribution in [1.29, 1.82) is 0 Å². The summed E-state index contributed by atoms with van der Waals surface area (Å²) in [6, 6.07) is -3.12. The summed E-state index contributed by atoms with van der Waals surface area (Å²) in [5, 5.41) is 11.4. The van der Waals surface area contributed by atoms with Crippen molar-refractivity contribution in [3.63, 3.8) is 0 Å². The molecule has 0 bridgehead atoms. The molecule has 1 aromatic rings. The molecule has 2 rings (SSSR count). The number of H-pyrrole nitrogens is 1. The molecule has 142 valence electrons. The predicted octanol–water partition coefficient (Wildman–Crippen LogP) is -2.28. The lowest BCUT2D eigenvalue weighted by Gasteiger charge is -2.27. The lowest BCUT2D eigenvalue weighted by Crippen LogP contribution is -2.54. The zero-order valence-corrected chi connectivity index (χ0v) is 14.1. The van der Waals surface area contributed by atoms with Crippen LogP contribution in [-0.2, 0) is 25.6 Å². The number of aromatic amines is 1. The second-order valence-corrected chi connectivity index (χ2v) is 6.15. The molecule has 11 heteroatoms. The summed E-state index contributed by atoms with van der Waals surface area (Å²) < 4.78 is 0. The molecular weight excluding hydrogens is 344 g/mol. The van der Waals surface area contributed by atoms with E-state index in [1.54, 1.807) is 6.20 Å². The average Bonchev–Trinajstić information content (AvgIpc) is 3.24. The molecule has 1 saturated heterocycles. The number of carboxylic acid groups (broad SMARTS) is 1. The fraction of sp³-hybridized carbons (Fsp3) is 0.533. The van der Waals surface area contributed by atoms with Crippen LogP contribution in [0.4, 0.5) is 0 Å². The zero-order valence-electron chi connectivity index (χ0n) is 14.1. The monoisotopic (exact) mass is 366 g/mol. The standard InChI is InChI=1S/C15H22N6O5/c16-9(4-8-6-18-7-19-8)14(24)21-3-1-2-11(21)13(23)20-10(15(25)26)5-12(17)22/h6-7,9-11H,1-5,16H2,(H2,17,22)(H,18,19)(H,20,23)(H,25,26). The SMILES string of the molecule is NC(=O)CC(NC(=O)C1CCCN1C(=O)C(N)Cc1cnc[nH]1)C(=O)O. The van der Waals surface area contributed by atoms with E-state index in [9.17, 15) is 19.2 Å². The number of carbonyl (C=O) groups excluding carboxylic acids is 3. The Labute approximate surface area is 149 Å². The Kier molecular flexibility index (Phi) is 6.28. The topological polar surface area (TPSA) is 184 Å². The number of nitrogens with one attached hydrogen (secondary N) is 2. The summed E-state index contributed by atoms with van der Waals surface area (Å²) in [6.07, 6.45) is 3.72. The number of hydrogen-bond donors (Lipinski definition) is 5. The summed E-state index contributed by atoms with van der Waals surface area (Å²) in [6.45, 7) is 0.348. The van der Waals surface area contributed by atoms with Gasteiger partial charge in [0, 0.05) is 24.9 Å². The molecule has 11 nitrogen and oxygen atoms in total. The molecule has 1 aromatic heterocycles. The van der Waals surface area contributed by atoms with E-state index in [0.717, 1.165) is 0 Å². The Bertz CT molecular complexity index is 676. The minimum atomic E-state index is -1.43. The van der Waals surface area contributed by atoms with Crippen molar-refractivity contribution < 1.29 is 24.3 Å². The molecule has 0 aromatic carbocycles. The number of likely N-dealkylation sites (tertiary alicyclic amines) is 1. The van der Waals surface area contributed by atoms with Gasteiger partial charge in [0.15, 0.2) is 0 Å². The van der Waals surface area contributed by atoms with E-state index < -0.39 is 48.2 Å². The van der Waals surface area contributed by atoms with Crippen LogP contribution in [0, 0.1) is 0 Å². The zero-order chi connectivity index (χ0) is 19.3. The van der Waals surface area contributed by atoms with Gasteiger partial charge in [-0.25, -0.2) is 9.78 Å². The summed E-state index contributed by atoms with van der Waals surface area (Å²) in [7, 11) is 0. The molecule has 0 saturated carbocycles. The van der Waals surface area contributed by atoms with Crippen molar-refractivity contribution in [3.8, 4) is 0 Å². The summed E-state index contributed by atoms with van der Waals surface area (Å²) >= 11 is 0. The normalized spacial score (nSPS) is 19.0. The van der Waals surface area contributed by atoms with E-state index in [1.165, 1.54) is 11.2 Å². The Balaban J connectivity index is 2.01. The molecule has 1 aliphatic rings. The number of aromatic nitrogens is 2. The van der Waals surface area contributed by atoms with Crippen LogP contribution in [0.25, 0.3) is 0 Å². The largest absolute Gasteiger partial charge is 0.480 e. The third-order valence-corrected chi connectivity index (χ3v) is 4.17. The molecule has 3 amide bonds. The van der Waals surface area contributed by atoms with Gasteiger partial charge in [0.25, 0.3) is 0 Å². The highest BCUT2D eigenvalue weighted by Gasteiger charge is 2.37. The maximum absolute atomic E-state index is 12.6. The first kappa shape index (κ1) is 19.4. The molecule has 2 heterocycles. The number of hydrogen-bond acceptors (Lipinski definition) is 6. The first-order valence-corrected chi connectivity index (χ1v) is 8.14. The van der Waals surface area contributed by atoms with Crippen LogP contribution in [0.2, 0.25) is 0 Å². The maximum Gasteiger partial charge on any atom is 0.326 e. The van der Waals surface area contributed by atoms with Crippen LogP contribution < -0.4 is 16.8 Å². The predicted molar refractivity (Wildman–Crippen MR) is 88.4 cm³/mol. The van der Waals surface area contributed by atoms with Gasteiger partial charge in [-0.1, -0.05) is 0 Å². The lowest BCUT2D eigenvalue weighted by molar-refractivity contribution is -0.145. The molecule has 26 heavy (non-hydrogen) atoms. The molecule has 0 aliphatic carbocycles. The third-order valence-electron chi connectivity index (χ3n) is 4.17. The summed E-state index contributed by atoms with van der Waals surface area (Å²) in [5.74, 6) is -3.26. The highest BCUT2D eigenvalue weighted by molar-refractivity contribution is 5.93. The van der Waals surface area contributed by atoms with Gasteiger partial charge in [0.1, 0.15) is 12.1 Å². The molecule has 3 unspecified atom stereocenters. The van der Waals surface area contributed by atoms with Crippen molar-refractivity contribution in [1.82, 2.24) is 20.2 Å². The number of nitrogens with zero attached hydrogens (tertiary/aromatic N) is 2. The number of aliphatic carboxylic acids is 1. The smallest absolute Gasteiger partial charge is 0.326 e. The van der Waals surface area contributed by atoms with Crippen LogP contribution in [0.5, 0.6) is 0 Å². The second-order valence-electron chi connectivity index (χ2n) is 6.15. The maximum atomic E-state index is 12.6. The number of amides is 3. The van der Waals surface area contributed by atoms with E-state index in [2.05, 4.69) is 15.3 Å². The second kappa shape index (κ2) is 8.43. The number of carbonyl (C=O) groups is 4. The van der Waals surface area contributed by atoms with Gasteiger partial charge in [-0.3, -0.25) is 14.4 Å². The number of nitrogens with two attached hydrogens (primary N) is 2. The number of primary amides is 1. The minimum Gasteiger partial charge on any atom is -0.480 e. The van der Waals surface area contributed by atoms with Crippen molar-refractivity contribution in [2.24, 2.45) is 11.5 Å².